The van der Waals surface area contributed by atoms with Gasteiger partial charge in [-0.1, -0.05) is 42.5 Å². The molecule has 0 bridgehead atoms. The average Bonchev–Trinajstić information content (AvgIpc) is 3.38. The molecule has 1 aliphatic rings. The van der Waals surface area contributed by atoms with Crippen molar-refractivity contribution in [2.24, 2.45) is 0 Å². The number of H-pyrrole nitrogens is 1. The second-order valence-corrected chi connectivity index (χ2v) is 7.99. The van der Waals surface area contributed by atoms with Crippen molar-refractivity contribution in [3.8, 4) is 17.0 Å². The molecule has 0 aliphatic carbocycles. The molecule has 9 nitrogen and oxygen atoms in total. The van der Waals surface area contributed by atoms with Gasteiger partial charge in [0.2, 0.25) is 5.91 Å². The van der Waals surface area contributed by atoms with E-state index in [1.54, 1.807) is 36.2 Å². The third kappa shape index (κ3) is 5.43. The number of para-hydroxylation sites is 1. The Hall–Kier alpha value is -4.14. The largest absolute Gasteiger partial charge is 0.489 e. The van der Waals surface area contributed by atoms with Gasteiger partial charge in [0.05, 0.1) is 17.8 Å². The van der Waals surface area contributed by atoms with Crippen molar-refractivity contribution in [2.45, 2.75) is 18.9 Å². The molecule has 0 atom stereocenters. The molecule has 2 heterocycles. The molecule has 3 amide bonds. The van der Waals surface area contributed by atoms with E-state index in [0.29, 0.717) is 37.2 Å². The standard InChI is InChI=1S/C25H27N5O4/c1-26-24(32)19-9-5-6-10-22(19)34-18-11-13-30(14-12-18)23(31)16-27-25(33)21-15-20(28-29-21)17-7-3-2-4-8-17/h2-10,15,18H,11-14,16H2,1H3,(H,26,32)(H,27,33)(H,28,29). The van der Waals surface area contributed by atoms with Crippen LogP contribution in [0.25, 0.3) is 11.3 Å². The van der Waals surface area contributed by atoms with Gasteiger partial charge in [-0.15, -0.1) is 0 Å². The van der Waals surface area contributed by atoms with Gasteiger partial charge in [-0.3, -0.25) is 19.5 Å². The minimum Gasteiger partial charge on any atom is -0.489 e. The molecule has 9 heteroatoms. The minimum atomic E-state index is -0.407. The van der Waals surface area contributed by atoms with E-state index in [4.69, 9.17) is 4.74 Å². The SMILES string of the molecule is CNC(=O)c1ccccc1OC1CCN(C(=O)CNC(=O)c2cc(-c3ccccc3)[nH]n2)CC1. The number of rotatable bonds is 7. The maximum atomic E-state index is 12.6. The Morgan fingerprint density at radius 1 is 1.03 bits per heavy atom. The summed E-state index contributed by atoms with van der Waals surface area (Å²) in [5, 5.41) is 12.2. The van der Waals surface area contributed by atoms with Gasteiger partial charge in [-0.05, 0) is 23.8 Å². The first kappa shape index (κ1) is 23.0. The molecule has 1 aromatic heterocycles. The van der Waals surface area contributed by atoms with E-state index in [2.05, 4.69) is 20.8 Å². The second kappa shape index (κ2) is 10.7. The smallest absolute Gasteiger partial charge is 0.272 e. The zero-order valence-electron chi connectivity index (χ0n) is 18.9. The summed E-state index contributed by atoms with van der Waals surface area (Å²) in [7, 11) is 1.58. The first-order chi connectivity index (χ1) is 16.5. The van der Waals surface area contributed by atoms with Gasteiger partial charge in [0, 0.05) is 33.0 Å². The second-order valence-electron chi connectivity index (χ2n) is 7.99. The molecule has 3 aromatic rings. The van der Waals surface area contributed by atoms with E-state index in [0.717, 1.165) is 11.3 Å². The highest BCUT2D eigenvalue weighted by atomic mass is 16.5. The van der Waals surface area contributed by atoms with Crippen molar-refractivity contribution in [3.05, 3.63) is 71.9 Å². The predicted octanol–water partition coefficient (Wildman–Crippen LogP) is 2.24. The predicted molar refractivity (Wildman–Crippen MR) is 126 cm³/mol. The summed E-state index contributed by atoms with van der Waals surface area (Å²) >= 11 is 0. The normalized spacial score (nSPS) is 13.9. The van der Waals surface area contributed by atoms with Gasteiger partial charge >= 0.3 is 0 Å². The lowest BCUT2D eigenvalue weighted by molar-refractivity contribution is -0.131. The van der Waals surface area contributed by atoms with Crippen LogP contribution in [0.5, 0.6) is 5.75 Å². The third-order valence-electron chi connectivity index (χ3n) is 5.74. The van der Waals surface area contributed by atoms with Crippen LogP contribution in [0, 0.1) is 0 Å². The van der Waals surface area contributed by atoms with Gasteiger partial charge in [-0.2, -0.15) is 5.10 Å². The minimum absolute atomic E-state index is 0.0927. The van der Waals surface area contributed by atoms with Crippen LogP contribution < -0.4 is 15.4 Å². The van der Waals surface area contributed by atoms with Crippen LogP contribution in [0.3, 0.4) is 0 Å². The molecule has 3 N–H and O–H groups in total. The van der Waals surface area contributed by atoms with Crippen molar-refractivity contribution >= 4 is 17.7 Å². The molecule has 34 heavy (non-hydrogen) atoms. The lowest BCUT2D eigenvalue weighted by Crippen LogP contribution is -2.46. The Kier molecular flexibility index (Phi) is 7.22. The third-order valence-corrected chi connectivity index (χ3v) is 5.74. The van der Waals surface area contributed by atoms with Crippen molar-refractivity contribution in [1.29, 1.82) is 0 Å². The van der Waals surface area contributed by atoms with Crippen LogP contribution in [-0.2, 0) is 4.79 Å². The first-order valence-electron chi connectivity index (χ1n) is 11.2. The molecule has 2 aromatic carbocycles. The Morgan fingerprint density at radius 3 is 2.47 bits per heavy atom. The molecular weight excluding hydrogens is 434 g/mol. The first-order valence-corrected chi connectivity index (χ1v) is 11.2. The number of aromatic amines is 1. The van der Waals surface area contributed by atoms with Crippen molar-refractivity contribution in [3.63, 3.8) is 0 Å². The molecule has 0 radical (unpaired) electrons. The van der Waals surface area contributed by atoms with E-state index < -0.39 is 5.91 Å². The number of benzene rings is 2. The fraction of sp³-hybridized carbons (Fsp3) is 0.280. The topological polar surface area (TPSA) is 116 Å². The molecule has 0 spiro atoms. The molecule has 0 unspecified atom stereocenters. The summed E-state index contributed by atoms with van der Waals surface area (Å²) in [5.74, 6) is -0.230. The fourth-order valence-corrected chi connectivity index (χ4v) is 3.86. The van der Waals surface area contributed by atoms with Crippen molar-refractivity contribution in [2.75, 3.05) is 26.7 Å². The van der Waals surface area contributed by atoms with E-state index >= 15 is 0 Å². The van der Waals surface area contributed by atoms with Crippen molar-refractivity contribution < 1.29 is 19.1 Å². The number of ether oxygens (including phenoxy) is 1. The summed E-state index contributed by atoms with van der Waals surface area (Å²) in [5.41, 5.74) is 2.37. The van der Waals surface area contributed by atoms with Crippen LogP contribution in [0.4, 0.5) is 0 Å². The van der Waals surface area contributed by atoms with Gasteiger partial charge in [0.15, 0.2) is 5.69 Å². The van der Waals surface area contributed by atoms with Crippen LogP contribution >= 0.6 is 0 Å². The van der Waals surface area contributed by atoms with Crippen LogP contribution in [0.1, 0.15) is 33.7 Å². The molecule has 1 saturated heterocycles. The van der Waals surface area contributed by atoms with Gasteiger partial charge in [-0.25, -0.2) is 0 Å². The Labute approximate surface area is 197 Å². The summed E-state index contributed by atoms with van der Waals surface area (Å²) < 4.78 is 6.05. The van der Waals surface area contributed by atoms with E-state index in [-0.39, 0.29) is 30.2 Å². The molecule has 1 fully saturated rings. The van der Waals surface area contributed by atoms with Crippen LogP contribution in [0.15, 0.2) is 60.7 Å². The highest BCUT2D eigenvalue weighted by Gasteiger charge is 2.25. The molecule has 4 rings (SSSR count). The molecule has 0 saturated carbocycles. The summed E-state index contributed by atoms with van der Waals surface area (Å²) in [6.45, 7) is 0.932. The van der Waals surface area contributed by atoms with E-state index in [1.807, 2.05) is 36.4 Å². The molecule has 176 valence electrons. The maximum Gasteiger partial charge on any atom is 0.272 e. The maximum absolute atomic E-state index is 12.6. The number of nitrogens with one attached hydrogen (secondary N) is 3. The summed E-state index contributed by atoms with van der Waals surface area (Å²) in [4.78, 5) is 38.8. The number of amides is 3. The average molecular weight is 462 g/mol. The number of hydrogen-bond acceptors (Lipinski definition) is 5. The molecule has 1 aliphatic heterocycles. The number of likely N-dealkylation sites (tertiary alicyclic amines) is 1. The van der Waals surface area contributed by atoms with E-state index in [1.165, 1.54) is 0 Å². The van der Waals surface area contributed by atoms with E-state index in [9.17, 15) is 14.4 Å². The van der Waals surface area contributed by atoms with Crippen molar-refractivity contribution in [1.82, 2.24) is 25.7 Å². The number of hydrogen-bond donors (Lipinski definition) is 3. The zero-order valence-corrected chi connectivity index (χ0v) is 18.9. The zero-order chi connectivity index (χ0) is 23.9. The number of carbonyl (C=O) groups is 3. The number of nitrogens with zero attached hydrogens (tertiary/aromatic N) is 2. The highest BCUT2D eigenvalue weighted by molar-refractivity contribution is 5.97. The molecular formula is C25H27N5O4. The summed E-state index contributed by atoms with van der Waals surface area (Å²) in [6.07, 6.45) is 1.19. The Balaban J connectivity index is 1.25. The number of aromatic nitrogens is 2. The van der Waals surface area contributed by atoms with Crippen LogP contribution in [-0.4, -0.2) is 65.6 Å². The Bertz CT molecular complexity index is 1150. The van der Waals surface area contributed by atoms with Gasteiger partial charge in [0.25, 0.3) is 11.8 Å². The van der Waals surface area contributed by atoms with Gasteiger partial charge < -0.3 is 20.3 Å². The Morgan fingerprint density at radius 2 is 1.74 bits per heavy atom. The quantitative estimate of drug-likeness (QED) is 0.499. The van der Waals surface area contributed by atoms with Gasteiger partial charge in [0.1, 0.15) is 11.9 Å². The van der Waals surface area contributed by atoms with Crippen LogP contribution in [0.2, 0.25) is 0 Å². The lowest BCUT2D eigenvalue weighted by atomic mass is 10.1. The highest BCUT2D eigenvalue weighted by Crippen LogP contribution is 2.23. The summed E-state index contributed by atoms with van der Waals surface area (Å²) in [6, 6.07) is 18.3. The number of piperidine rings is 1. The lowest BCUT2D eigenvalue weighted by Gasteiger charge is -2.32. The fourth-order valence-electron chi connectivity index (χ4n) is 3.86. The number of carbonyl (C=O) groups excluding carboxylic acids is 3. The monoisotopic (exact) mass is 461 g/mol.